The van der Waals surface area contributed by atoms with Crippen molar-refractivity contribution in [1.29, 1.82) is 0 Å². The highest BCUT2D eigenvalue weighted by atomic mass is 31.2. The molecule has 0 aromatic carbocycles. The number of nitrogens with zero attached hydrogens (tertiary/aromatic N) is 8. The molecule has 8 N–H and O–H groups in total. The van der Waals surface area contributed by atoms with Crippen LogP contribution in [-0.4, -0.2) is 113 Å². The van der Waals surface area contributed by atoms with Gasteiger partial charge in [0.15, 0.2) is 35.1 Å². The van der Waals surface area contributed by atoms with E-state index in [4.69, 9.17) is 34.0 Å². The Morgan fingerprint density at radius 2 is 1.70 bits per heavy atom. The van der Waals surface area contributed by atoms with Crippen molar-refractivity contribution >= 4 is 43.8 Å². The second kappa shape index (κ2) is 11.6. The predicted molar refractivity (Wildman–Crippen MR) is 139 cm³/mol. The van der Waals surface area contributed by atoms with Crippen LogP contribution in [0.2, 0.25) is 0 Å². The molecular formula is C19H24N10O13P2. The molecule has 4 aromatic heterocycles. The Kier molecular flexibility index (Phi) is 8.07. The summed E-state index contributed by atoms with van der Waals surface area (Å²) in [5, 5.41) is 30.9. The Bertz CT molecular complexity index is 1830. The quantitative estimate of drug-likeness (QED) is 0.0859. The molecule has 238 valence electrons. The zero-order chi connectivity index (χ0) is 31.4. The number of nitrogen functional groups attached to an aromatic ring is 1. The van der Waals surface area contributed by atoms with Crippen LogP contribution in [0.3, 0.4) is 0 Å². The van der Waals surface area contributed by atoms with Crippen LogP contribution in [0.4, 0.5) is 5.82 Å². The lowest BCUT2D eigenvalue weighted by Gasteiger charge is -2.24. The summed E-state index contributed by atoms with van der Waals surface area (Å²) in [5.41, 5.74) is 5.43. The second-order valence-electron chi connectivity index (χ2n) is 9.68. The summed E-state index contributed by atoms with van der Waals surface area (Å²) >= 11 is 0. The molecule has 0 radical (unpaired) electrons. The maximum atomic E-state index is 13.1. The van der Waals surface area contributed by atoms with Crippen molar-refractivity contribution in [2.45, 2.75) is 49.4 Å². The molecule has 0 saturated carbocycles. The first-order valence-electron chi connectivity index (χ1n) is 12.5. The van der Waals surface area contributed by atoms with Gasteiger partial charge in [-0.05, 0) is 0 Å². The summed E-state index contributed by atoms with van der Waals surface area (Å²) in [6, 6.07) is 0. The number of aromatic amines is 1. The van der Waals surface area contributed by atoms with Crippen molar-refractivity contribution < 1.29 is 57.1 Å². The molecule has 0 spiro atoms. The third kappa shape index (κ3) is 6.00. The highest BCUT2D eigenvalue weighted by molar-refractivity contribution is 7.47. The molecule has 44 heavy (non-hydrogen) atoms. The van der Waals surface area contributed by atoms with E-state index in [2.05, 4.69) is 39.9 Å². The normalized spacial score (nSPS) is 29.1. The number of hydrogen-bond donors (Lipinski definition) is 7. The first kappa shape index (κ1) is 30.7. The van der Waals surface area contributed by atoms with Crippen LogP contribution < -0.4 is 11.3 Å². The van der Waals surface area contributed by atoms with Crippen molar-refractivity contribution in [3.05, 3.63) is 29.3 Å². The third-order valence-electron chi connectivity index (χ3n) is 6.78. The molecule has 8 atom stereocenters. The van der Waals surface area contributed by atoms with Crippen LogP contribution in [0, 0.1) is 0 Å². The van der Waals surface area contributed by atoms with Crippen molar-refractivity contribution in [3.8, 4) is 0 Å². The fraction of sp³-hybridized carbons (Fsp3) is 0.526. The van der Waals surface area contributed by atoms with E-state index in [1.54, 1.807) is 0 Å². The van der Waals surface area contributed by atoms with E-state index in [1.807, 2.05) is 0 Å². The van der Waals surface area contributed by atoms with E-state index in [0.29, 0.717) is 0 Å². The lowest BCUT2D eigenvalue weighted by molar-refractivity contribution is -0.0587. The standard InChI is InChI=1S/C19H24N10O13P2/c20-14-10-15(22-4-21-14)28(5-23-10)19-13(12(31)9(41-19)3-38-43(33,34)35)42-44(36,37)39-2-7-1-8(30)18(40-7)29-6-24-11-16(29)25-27-26-17(11)32/h4-9,12-13,18-19,30-31H,1-3H2,(H,36,37)(H2,20,21,22)(H,25,26,32)(H2,33,34,35)/t7-,8+,9+,12+,13+,18+,19+/m0/s1. The van der Waals surface area contributed by atoms with E-state index in [1.165, 1.54) is 21.8 Å². The molecule has 23 nitrogen and oxygen atoms in total. The molecule has 0 aliphatic carbocycles. The number of hydrogen-bond acceptors (Lipinski definition) is 17. The molecule has 2 aliphatic rings. The van der Waals surface area contributed by atoms with Crippen LogP contribution in [0.1, 0.15) is 18.9 Å². The van der Waals surface area contributed by atoms with E-state index < -0.39 is 77.4 Å². The number of imidazole rings is 2. The van der Waals surface area contributed by atoms with Gasteiger partial charge < -0.3 is 40.1 Å². The van der Waals surface area contributed by atoms with Gasteiger partial charge in [-0.1, -0.05) is 5.21 Å². The zero-order valence-corrected chi connectivity index (χ0v) is 23.7. The molecule has 2 fully saturated rings. The topological polar surface area (TPSA) is 328 Å². The Labute approximate surface area is 243 Å². The number of ether oxygens (including phenoxy) is 2. The number of anilines is 1. The minimum Gasteiger partial charge on any atom is -0.388 e. The zero-order valence-electron chi connectivity index (χ0n) is 21.9. The van der Waals surface area contributed by atoms with Gasteiger partial charge in [-0.2, -0.15) is 0 Å². The van der Waals surface area contributed by atoms with E-state index >= 15 is 0 Å². The number of aliphatic hydroxyl groups is 2. The van der Waals surface area contributed by atoms with Gasteiger partial charge in [-0.15, -0.1) is 5.10 Å². The lowest BCUT2D eigenvalue weighted by atomic mass is 10.1. The number of H-pyrrole nitrogens is 1. The summed E-state index contributed by atoms with van der Waals surface area (Å²) in [4.78, 5) is 56.6. The molecular weight excluding hydrogens is 638 g/mol. The van der Waals surface area contributed by atoms with E-state index in [9.17, 15) is 29.0 Å². The first-order valence-corrected chi connectivity index (χ1v) is 15.6. The molecule has 4 aromatic rings. The van der Waals surface area contributed by atoms with Gasteiger partial charge in [0.25, 0.3) is 5.56 Å². The Morgan fingerprint density at radius 1 is 0.977 bits per heavy atom. The SMILES string of the molecule is Nc1ncnc2c1ncn2[C@@H]1O[C@H](COP(=O)(O)O)[C@@H](O)[C@H]1OP(=O)(O)OC[C@@H]1C[C@@H](O)[C@H](n2cnc3c(=O)[nH]nnc32)O1. The highest BCUT2D eigenvalue weighted by Gasteiger charge is 2.50. The Balaban J connectivity index is 1.17. The van der Waals surface area contributed by atoms with Gasteiger partial charge in [0.05, 0.1) is 32.0 Å². The lowest BCUT2D eigenvalue weighted by Crippen LogP contribution is -2.35. The van der Waals surface area contributed by atoms with Gasteiger partial charge in [0.1, 0.15) is 36.3 Å². The summed E-state index contributed by atoms with van der Waals surface area (Å²) in [6.45, 7) is -1.40. The van der Waals surface area contributed by atoms with E-state index in [0.717, 1.165) is 6.33 Å². The molecule has 6 rings (SSSR count). The fourth-order valence-corrected chi connectivity index (χ4v) is 6.13. The van der Waals surface area contributed by atoms with Crippen LogP contribution in [0.5, 0.6) is 0 Å². The summed E-state index contributed by atoms with van der Waals surface area (Å²) in [6.07, 6.45) is -6.10. The molecule has 0 amide bonds. The third-order valence-corrected chi connectivity index (χ3v) is 8.25. The number of nitrogens with two attached hydrogens (primary N) is 1. The van der Waals surface area contributed by atoms with Crippen molar-refractivity contribution in [2.24, 2.45) is 0 Å². The number of phosphoric ester groups is 2. The second-order valence-corrected chi connectivity index (χ2v) is 12.3. The smallest absolute Gasteiger partial charge is 0.388 e. The van der Waals surface area contributed by atoms with Crippen molar-refractivity contribution in [3.63, 3.8) is 0 Å². The monoisotopic (exact) mass is 662 g/mol. The largest absolute Gasteiger partial charge is 0.472 e. The van der Waals surface area contributed by atoms with Crippen LogP contribution >= 0.6 is 15.6 Å². The summed E-state index contributed by atoms with van der Waals surface area (Å²) in [7, 11) is -10.0. The van der Waals surface area contributed by atoms with Gasteiger partial charge in [0.2, 0.25) is 0 Å². The number of rotatable bonds is 10. The molecule has 2 saturated heterocycles. The molecule has 25 heteroatoms. The Hall–Kier alpha value is -3.31. The Morgan fingerprint density at radius 3 is 2.45 bits per heavy atom. The van der Waals surface area contributed by atoms with Gasteiger partial charge in [0, 0.05) is 6.42 Å². The minimum atomic E-state index is -5.04. The van der Waals surface area contributed by atoms with Crippen LogP contribution in [0.15, 0.2) is 23.8 Å². The number of aromatic nitrogens is 9. The van der Waals surface area contributed by atoms with Crippen LogP contribution in [0.25, 0.3) is 22.3 Å². The average molecular weight is 662 g/mol. The maximum absolute atomic E-state index is 13.1. The molecule has 6 heterocycles. The van der Waals surface area contributed by atoms with Crippen molar-refractivity contribution in [2.75, 3.05) is 18.9 Å². The van der Waals surface area contributed by atoms with Gasteiger partial charge in [-0.25, -0.2) is 34.2 Å². The molecule has 0 bridgehead atoms. The summed E-state index contributed by atoms with van der Waals surface area (Å²) in [5.74, 6) is 0.00176. The van der Waals surface area contributed by atoms with Gasteiger partial charge in [-0.3, -0.25) is 27.5 Å². The minimum absolute atomic E-state index is 0.00176. The number of nitrogens with one attached hydrogen (secondary N) is 1. The average Bonchev–Trinajstić information content (AvgIpc) is 3.72. The van der Waals surface area contributed by atoms with Crippen LogP contribution in [-0.2, 0) is 32.2 Å². The van der Waals surface area contributed by atoms with Crippen molar-refractivity contribution in [1.82, 2.24) is 44.5 Å². The molecule has 2 aliphatic heterocycles. The maximum Gasteiger partial charge on any atom is 0.472 e. The number of phosphoric acid groups is 2. The first-order chi connectivity index (χ1) is 20.8. The van der Waals surface area contributed by atoms with Gasteiger partial charge >= 0.3 is 15.6 Å². The van der Waals surface area contributed by atoms with E-state index in [-0.39, 0.29) is 34.6 Å². The number of aliphatic hydroxyl groups excluding tert-OH is 2. The highest BCUT2D eigenvalue weighted by Crippen LogP contribution is 2.50. The molecule has 1 unspecified atom stereocenters. The fourth-order valence-electron chi connectivity index (χ4n) is 4.84. The number of fused-ring (bicyclic) bond motifs is 2. The summed E-state index contributed by atoms with van der Waals surface area (Å²) < 4.78 is 53.1. The predicted octanol–water partition coefficient (Wildman–Crippen LogP) is -2.55.